The van der Waals surface area contributed by atoms with Gasteiger partial charge in [-0.05, 0) is 30.9 Å². The molecule has 2 aliphatic rings. The van der Waals surface area contributed by atoms with Gasteiger partial charge in [-0.1, -0.05) is 18.2 Å². The number of urea groups is 1. The van der Waals surface area contributed by atoms with Crippen LogP contribution in [0.1, 0.15) is 24.8 Å². The van der Waals surface area contributed by atoms with Crippen molar-refractivity contribution in [3.63, 3.8) is 0 Å². The molecule has 132 valence electrons. The molecule has 1 aromatic carbocycles. The minimum Gasteiger partial charge on any atom is -0.488 e. The van der Waals surface area contributed by atoms with E-state index in [1.54, 1.807) is 0 Å². The number of fused-ring (bicyclic) bond motifs is 1. The Balaban J connectivity index is 1.20. The van der Waals surface area contributed by atoms with Crippen molar-refractivity contribution in [3.05, 3.63) is 29.8 Å². The van der Waals surface area contributed by atoms with Gasteiger partial charge in [0.25, 0.3) is 0 Å². The van der Waals surface area contributed by atoms with Gasteiger partial charge in [-0.2, -0.15) is 0 Å². The second-order valence-corrected chi connectivity index (χ2v) is 6.25. The summed E-state index contributed by atoms with van der Waals surface area (Å²) in [7, 11) is 0. The smallest absolute Gasteiger partial charge is 0.314 e. The van der Waals surface area contributed by atoms with Gasteiger partial charge in [0.2, 0.25) is 0 Å². The van der Waals surface area contributed by atoms with Gasteiger partial charge in [-0.15, -0.1) is 0 Å². The quantitative estimate of drug-likeness (QED) is 0.712. The zero-order valence-electron chi connectivity index (χ0n) is 14.0. The van der Waals surface area contributed by atoms with Gasteiger partial charge in [-0.3, -0.25) is 0 Å². The van der Waals surface area contributed by atoms with E-state index in [-0.39, 0.29) is 18.2 Å². The molecule has 1 saturated heterocycles. The third kappa shape index (κ3) is 5.11. The lowest BCUT2D eigenvalue weighted by atomic mass is 10.1. The summed E-state index contributed by atoms with van der Waals surface area (Å²) in [6.45, 7) is 3.26. The van der Waals surface area contributed by atoms with E-state index in [2.05, 4.69) is 16.7 Å². The number of carbonyl (C=O) groups excluding carboxylic acids is 1. The second-order valence-electron chi connectivity index (χ2n) is 6.25. The van der Waals surface area contributed by atoms with Crippen LogP contribution in [0.2, 0.25) is 0 Å². The summed E-state index contributed by atoms with van der Waals surface area (Å²) in [6.07, 6.45) is 4.14. The molecule has 0 bridgehead atoms. The number of nitrogens with one attached hydrogen (secondary N) is 2. The van der Waals surface area contributed by atoms with E-state index >= 15 is 0 Å². The average Bonchev–Trinajstić information content (AvgIpc) is 3.25. The molecule has 0 spiro atoms. The van der Waals surface area contributed by atoms with Gasteiger partial charge in [0.1, 0.15) is 11.9 Å². The van der Waals surface area contributed by atoms with Crippen LogP contribution in [0.5, 0.6) is 5.75 Å². The molecule has 0 saturated carbocycles. The third-order valence-electron chi connectivity index (χ3n) is 4.28. The Bertz CT molecular complexity index is 507. The van der Waals surface area contributed by atoms with Crippen LogP contribution < -0.4 is 15.4 Å². The van der Waals surface area contributed by atoms with Crippen LogP contribution in [0.4, 0.5) is 4.79 Å². The highest BCUT2D eigenvalue weighted by Gasteiger charge is 2.22. The Morgan fingerprint density at radius 1 is 1.25 bits per heavy atom. The monoisotopic (exact) mass is 334 g/mol. The number of amides is 2. The molecule has 2 N–H and O–H groups in total. The highest BCUT2D eigenvalue weighted by atomic mass is 16.5. The summed E-state index contributed by atoms with van der Waals surface area (Å²) in [5.41, 5.74) is 1.20. The molecule has 2 heterocycles. The van der Waals surface area contributed by atoms with Crippen LogP contribution in [0.15, 0.2) is 24.3 Å². The van der Waals surface area contributed by atoms with Gasteiger partial charge in [0, 0.05) is 26.2 Å². The fourth-order valence-corrected chi connectivity index (χ4v) is 3.00. The maximum absolute atomic E-state index is 11.8. The van der Waals surface area contributed by atoms with E-state index in [4.69, 9.17) is 14.2 Å². The molecule has 6 nitrogen and oxygen atoms in total. The van der Waals surface area contributed by atoms with Crippen LogP contribution in [0.25, 0.3) is 0 Å². The molecule has 2 amide bonds. The van der Waals surface area contributed by atoms with E-state index in [1.165, 1.54) is 5.56 Å². The molecule has 0 unspecified atom stereocenters. The number of ether oxygens (including phenoxy) is 3. The van der Waals surface area contributed by atoms with Crippen molar-refractivity contribution in [1.82, 2.24) is 10.6 Å². The Morgan fingerprint density at radius 3 is 3.00 bits per heavy atom. The first-order chi connectivity index (χ1) is 11.8. The van der Waals surface area contributed by atoms with E-state index < -0.39 is 0 Å². The molecule has 2 aliphatic heterocycles. The van der Waals surface area contributed by atoms with Crippen molar-refractivity contribution in [2.45, 2.75) is 37.9 Å². The molecule has 1 fully saturated rings. The first kappa shape index (κ1) is 17.0. The third-order valence-corrected chi connectivity index (χ3v) is 4.28. The van der Waals surface area contributed by atoms with Crippen LogP contribution >= 0.6 is 0 Å². The van der Waals surface area contributed by atoms with E-state index in [0.29, 0.717) is 26.3 Å². The molecule has 24 heavy (non-hydrogen) atoms. The van der Waals surface area contributed by atoms with Gasteiger partial charge >= 0.3 is 6.03 Å². The number of rotatable bonds is 8. The maximum Gasteiger partial charge on any atom is 0.314 e. The molecule has 0 radical (unpaired) electrons. The first-order valence-electron chi connectivity index (χ1n) is 8.77. The summed E-state index contributed by atoms with van der Waals surface area (Å²) < 4.78 is 16.8. The number of benzene rings is 1. The molecule has 2 atom stereocenters. The van der Waals surface area contributed by atoms with Crippen molar-refractivity contribution in [2.75, 3.05) is 32.9 Å². The largest absolute Gasteiger partial charge is 0.488 e. The van der Waals surface area contributed by atoms with Crippen LogP contribution in [-0.4, -0.2) is 51.1 Å². The Labute approximate surface area is 142 Å². The second kappa shape index (κ2) is 8.89. The van der Waals surface area contributed by atoms with Crippen molar-refractivity contribution < 1.29 is 19.0 Å². The lowest BCUT2D eigenvalue weighted by Crippen LogP contribution is -2.41. The Hall–Kier alpha value is -1.79. The summed E-state index contributed by atoms with van der Waals surface area (Å²) in [5, 5.41) is 5.70. The predicted molar refractivity (Wildman–Crippen MR) is 90.4 cm³/mol. The fourth-order valence-electron chi connectivity index (χ4n) is 3.00. The number of hydrogen-bond acceptors (Lipinski definition) is 4. The molecule has 3 rings (SSSR count). The minimum absolute atomic E-state index is 0.0166. The molecular weight excluding hydrogens is 308 g/mol. The summed E-state index contributed by atoms with van der Waals surface area (Å²) >= 11 is 0. The molecule has 1 aromatic rings. The molecule has 0 aromatic heterocycles. The average molecular weight is 334 g/mol. The van der Waals surface area contributed by atoms with Gasteiger partial charge in [-0.25, -0.2) is 4.79 Å². The number of para-hydroxylation sites is 1. The normalized spacial score (nSPS) is 22.0. The molecular formula is C18H26N2O4. The maximum atomic E-state index is 11.8. The first-order valence-corrected chi connectivity index (χ1v) is 8.77. The van der Waals surface area contributed by atoms with Crippen molar-refractivity contribution in [1.29, 1.82) is 0 Å². The van der Waals surface area contributed by atoms with Gasteiger partial charge in [0.15, 0.2) is 0 Å². The predicted octanol–water partition coefficient (Wildman–Crippen LogP) is 1.88. The van der Waals surface area contributed by atoms with Crippen LogP contribution in [0, 0.1) is 0 Å². The van der Waals surface area contributed by atoms with E-state index in [9.17, 15) is 4.79 Å². The molecule has 6 heteroatoms. The van der Waals surface area contributed by atoms with Crippen LogP contribution in [0.3, 0.4) is 0 Å². The summed E-state index contributed by atoms with van der Waals surface area (Å²) in [4.78, 5) is 11.8. The Kier molecular flexibility index (Phi) is 6.32. The lowest BCUT2D eigenvalue weighted by molar-refractivity contribution is 0.0168. The van der Waals surface area contributed by atoms with Crippen molar-refractivity contribution >= 4 is 6.03 Å². The standard InChI is InChI=1S/C18H26N2O4/c21-18(19-8-4-9-22-13-15-6-3-10-23-15)20-12-16-11-14-5-1-2-7-17(14)24-16/h1-2,5,7,15-16H,3-4,6,8-13H2,(H2,19,20,21)/t15-,16+/m1/s1. The van der Waals surface area contributed by atoms with E-state index in [0.717, 1.165) is 38.0 Å². The zero-order valence-corrected chi connectivity index (χ0v) is 14.0. The molecule has 0 aliphatic carbocycles. The van der Waals surface area contributed by atoms with Gasteiger partial charge < -0.3 is 24.8 Å². The van der Waals surface area contributed by atoms with Crippen molar-refractivity contribution in [3.8, 4) is 5.75 Å². The minimum atomic E-state index is -0.159. The highest BCUT2D eigenvalue weighted by Crippen LogP contribution is 2.27. The topological polar surface area (TPSA) is 68.8 Å². The Morgan fingerprint density at radius 2 is 2.17 bits per heavy atom. The van der Waals surface area contributed by atoms with E-state index in [1.807, 2.05) is 18.2 Å². The SMILES string of the molecule is O=C(NCCCOC[C@H]1CCCO1)NC[C@@H]1Cc2ccccc2O1. The number of carbonyl (C=O) groups is 1. The zero-order chi connectivity index (χ0) is 16.6. The lowest BCUT2D eigenvalue weighted by Gasteiger charge is -2.13. The number of hydrogen-bond donors (Lipinski definition) is 2. The van der Waals surface area contributed by atoms with Gasteiger partial charge in [0.05, 0.1) is 19.3 Å². The summed E-state index contributed by atoms with van der Waals surface area (Å²) in [5.74, 6) is 0.924. The highest BCUT2D eigenvalue weighted by molar-refractivity contribution is 5.73. The van der Waals surface area contributed by atoms with Crippen molar-refractivity contribution in [2.24, 2.45) is 0 Å². The fraction of sp³-hybridized carbons (Fsp3) is 0.611. The summed E-state index contributed by atoms with van der Waals surface area (Å²) in [6, 6.07) is 7.83. The van der Waals surface area contributed by atoms with Crippen LogP contribution in [-0.2, 0) is 15.9 Å².